The molecule has 2 aromatic rings. The fourth-order valence-electron chi connectivity index (χ4n) is 3.66. The minimum absolute atomic E-state index is 0.146. The number of hydrogen-bond donors (Lipinski definition) is 2. The van der Waals surface area contributed by atoms with Gasteiger partial charge in [-0.3, -0.25) is 9.59 Å². The number of carbonyl (C=O) groups is 2. The maximum atomic E-state index is 12.7. The van der Waals surface area contributed by atoms with Crippen molar-refractivity contribution >= 4 is 23.6 Å². The number of carbonyl (C=O) groups excluding carboxylic acids is 2. The Morgan fingerprint density at radius 1 is 0.966 bits per heavy atom. The number of anilines is 1. The fraction of sp³-hybridized carbons (Fsp3) is 0.304. The minimum atomic E-state index is -0.305. The van der Waals surface area contributed by atoms with Gasteiger partial charge in [0.05, 0.1) is 11.3 Å². The summed E-state index contributed by atoms with van der Waals surface area (Å²) in [6, 6.07) is 12.8. The predicted molar refractivity (Wildman–Crippen MR) is 111 cm³/mol. The van der Waals surface area contributed by atoms with Crippen LogP contribution >= 0.6 is 0 Å². The topological polar surface area (TPSA) is 76.7 Å². The summed E-state index contributed by atoms with van der Waals surface area (Å²) in [5, 5.41) is 5.91. The van der Waals surface area contributed by atoms with Crippen LogP contribution in [0.4, 0.5) is 5.69 Å². The van der Waals surface area contributed by atoms with E-state index in [1.807, 2.05) is 18.2 Å². The van der Waals surface area contributed by atoms with E-state index in [2.05, 4.69) is 10.6 Å². The van der Waals surface area contributed by atoms with Gasteiger partial charge in [-0.15, -0.1) is 0 Å². The molecular weight excluding hydrogens is 368 g/mol. The number of amides is 2. The van der Waals surface area contributed by atoms with E-state index in [9.17, 15) is 9.59 Å². The molecule has 2 aliphatic rings. The molecule has 0 aromatic heterocycles. The highest BCUT2D eigenvalue weighted by Gasteiger charge is 2.19. The van der Waals surface area contributed by atoms with Gasteiger partial charge >= 0.3 is 0 Å². The first-order valence-corrected chi connectivity index (χ1v) is 9.98. The molecule has 4 rings (SSSR count). The number of nitrogens with one attached hydrogen (secondary N) is 2. The zero-order chi connectivity index (χ0) is 20.1. The molecule has 0 atom stereocenters. The van der Waals surface area contributed by atoms with Crippen LogP contribution in [0.15, 0.2) is 48.5 Å². The fourth-order valence-corrected chi connectivity index (χ4v) is 3.66. The molecule has 0 saturated heterocycles. The van der Waals surface area contributed by atoms with Crippen LogP contribution in [0.25, 0.3) is 6.08 Å². The Balaban J connectivity index is 1.41. The van der Waals surface area contributed by atoms with Crippen molar-refractivity contribution in [1.82, 2.24) is 5.32 Å². The third-order valence-corrected chi connectivity index (χ3v) is 5.19. The Hall–Kier alpha value is -3.28. The molecule has 2 aromatic carbocycles. The van der Waals surface area contributed by atoms with E-state index < -0.39 is 0 Å². The van der Waals surface area contributed by atoms with E-state index in [1.54, 1.807) is 30.3 Å². The van der Waals surface area contributed by atoms with E-state index in [1.165, 1.54) is 12.5 Å². The van der Waals surface area contributed by atoms with Crippen molar-refractivity contribution in [3.05, 3.63) is 59.7 Å². The number of hydrogen-bond acceptors (Lipinski definition) is 4. The largest absolute Gasteiger partial charge is 0.454 e. The molecule has 0 bridgehead atoms. The summed E-state index contributed by atoms with van der Waals surface area (Å²) >= 11 is 0. The molecule has 0 radical (unpaired) electrons. The Morgan fingerprint density at radius 3 is 2.62 bits per heavy atom. The van der Waals surface area contributed by atoms with Crippen molar-refractivity contribution in [2.24, 2.45) is 0 Å². The van der Waals surface area contributed by atoms with Gasteiger partial charge < -0.3 is 20.1 Å². The lowest BCUT2D eigenvalue weighted by molar-refractivity contribution is -0.111. The lowest BCUT2D eigenvalue weighted by atomic mass is 9.95. The molecule has 1 aliphatic heterocycles. The highest BCUT2D eigenvalue weighted by molar-refractivity contribution is 6.07. The van der Waals surface area contributed by atoms with Crippen molar-refractivity contribution in [1.29, 1.82) is 0 Å². The molecule has 1 aliphatic carbocycles. The predicted octanol–water partition coefficient (Wildman–Crippen LogP) is 4.13. The van der Waals surface area contributed by atoms with Crippen molar-refractivity contribution < 1.29 is 19.1 Å². The molecule has 29 heavy (non-hydrogen) atoms. The van der Waals surface area contributed by atoms with Crippen LogP contribution in [-0.4, -0.2) is 24.6 Å². The summed E-state index contributed by atoms with van der Waals surface area (Å²) < 4.78 is 10.6. The van der Waals surface area contributed by atoms with Gasteiger partial charge in [-0.05, 0) is 48.7 Å². The van der Waals surface area contributed by atoms with Crippen molar-refractivity contribution in [2.75, 3.05) is 12.1 Å². The first kappa shape index (κ1) is 19.1. The molecule has 0 unspecified atom stereocenters. The van der Waals surface area contributed by atoms with Gasteiger partial charge in [0.25, 0.3) is 5.91 Å². The zero-order valence-electron chi connectivity index (χ0n) is 16.1. The Morgan fingerprint density at radius 2 is 1.76 bits per heavy atom. The van der Waals surface area contributed by atoms with Gasteiger partial charge in [-0.1, -0.05) is 37.5 Å². The average Bonchev–Trinajstić information content (AvgIpc) is 3.21. The number of para-hydroxylation sites is 1. The van der Waals surface area contributed by atoms with E-state index in [4.69, 9.17) is 9.47 Å². The van der Waals surface area contributed by atoms with Crippen LogP contribution in [0, 0.1) is 0 Å². The minimum Gasteiger partial charge on any atom is -0.454 e. The van der Waals surface area contributed by atoms with Gasteiger partial charge in [0.1, 0.15) is 0 Å². The quantitative estimate of drug-likeness (QED) is 0.750. The molecule has 1 saturated carbocycles. The standard InChI is InChI=1S/C23H24N2O4/c26-22(13-11-16-10-12-20-21(14-16)29-15-28-20)25-19-9-5-4-8-18(19)23(27)24-17-6-2-1-3-7-17/h4-5,8-14,17H,1-3,6-7,15H2,(H,24,27)(H,25,26)/b13-11+. The van der Waals surface area contributed by atoms with Gasteiger partial charge in [0.15, 0.2) is 11.5 Å². The average molecular weight is 392 g/mol. The molecule has 6 heteroatoms. The lowest BCUT2D eigenvalue weighted by Gasteiger charge is -2.23. The van der Waals surface area contributed by atoms with E-state index >= 15 is 0 Å². The summed E-state index contributed by atoms with van der Waals surface area (Å²) in [6.45, 7) is 0.211. The molecule has 1 fully saturated rings. The Kier molecular flexibility index (Phi) is 5.79. The lowest BCUT2D eigenvalue weighted by Crippen LogP contribution is -2.36. The first-order chi connectivity index (χ1) is 14.2. The number of rotatable bonds is 5. The highest BCUT2D eigenvalue weighted by Crippen LogP contribution is 2.32. The van der Waals surface area contributed by atoms with Crippen LogP contribution in [0.2, 0.25) is 0 Å². The molecular formula is C23H24N2O4. The molecule has 0 spiro atoms. The third kappa shape index (κ3) is 4.77. The van der Waals surface area contributed by atoms with Gasteiger partial charge in [-0.25, -0.2) is 0 Å². The van der Waals surface area contributed by atoms with E-state index in [0.717, 1.165) is 31.2 Å². The molecule has 6 nitrogen and oxygen atoms in total. The Labute approximate surface area is 169 Å². The van der Waals surface area contributed by atoms with Gasteiger partial charge in [0.2, 0.25) is 12.7 Å². The molecule has 2 amide bonds. The third-order valence-electron chi connectivity index (χ3n) is 5.19. The van der Waals surface area contributed by atoms with Crippen molar-refractivity contribution in [3.63, 3.8) is 0 Å². The summed E-state index contributed by atoms with van der Waals surface area (Å²) in [5.41, 5.74) is 1.80. The van der Waals surface area contributed by atoms with E-state index in [0.29, 0.717) is 22.7 Å². The zero-order valence-corrected chi connectivity index (χ0v) is 16.1. The van der Waals surface area contributed by atoms with Crippen LogP contribution in [0.5, 0.6) is 11.5 Å². The second-order valence-electron chi connectivity index (χ2n) is 7.29. The molecule has 2 N–H and O–H groups in total. The number of fused-ring (bicyclic) bond motifs is 1. The van der Waals surface area contributed by atoms with E-state index in [-0.39, 0.29) is 24.6 Å². The van der Waals surface area contributed by atoms with Crippen LogP contribution in [0.1, 0.15) is 48.0 Å². The summed E-state index contributed by atoms with van der Waals surface area (Å²) in [7, 11) is 0. The van der Waals surface area contributed by atoms with Crippen LogP contribution < -0.4 is 20.1 Å². The Bertz CT molecular complexity index is 932. The SMILES string of the molecule is O=C(/C=C/c1ccc2c(c1)OCO2)Nc1ccccc1C(=O)NC1CCCCC1. The number of benzene rings is 2. The number of ether oxygens (including phenoxy) is 2. The normalized spacial score (nSPS) is 16.0. The smallest absolute Gasteiger partial charge is 0.253 e. The monoisotopic (exact) mass is 392 g/mol. The molecule has 150 valence electrons. The second-order valence-corrected chi connectivity index (χ2v) is 7.29. The summed E-state index contributed by atoms with van der Waals surface area (Å²) in [6.07, 6.45) is 8.68. The van der Waals surface area contributed by atoms with Gasteiger partial charge in [-0.2, -0.15) is 0 Å². The molecule has 1 heterocycles. The van der Waals surface area contributed by atoms with Crippen molar-refractivity contribution in [3.8, 4) is 11.5 Å². The van der Waals surface area contributed by atoms with Crippen molar-refractivity contribution in [2.45, 2.75) is 38.1 Å². The van der Waals surface area contributed by atoms with Gasteiger partial charge in [0, 0.05) is 12.1 Å². The van der Waals surface area contributed by atoms with Crippen LogP contribution in [-0.2, 0) is 4.79 Å². The maximum absolute atomic E-state index is 12.7. The first-order valence-electron chi connectivity index (χ1n) is 9.98. The second kappa shape index (κ2) is 8.82. The van der Waals surface area contributed by atoms with Crippen LogP contribution in [0.3, 0.4) is 0 Å². The summed E-state index contributed by atoms with van der Waals surface area (Å²) in [5.74, 6) is 0.912. The summed E-state index contributed by atoms with van der Waals surface area (Å²) in [4.78, 5) is 25.1. The highest BCUT2D eigenvalue weighted by atomic mass is 16.7. The maximum Gasteiger partial charge on any atom is 0.253 e.